The number of hydrogen-bond donors (Lipinski definition) is 4. The van der Waals surface area contributed by atoms with Crippen molar-refractivity contribution in [1.82, 2.24) is 15.2 Å². The summed E-state index contributed by atoms with van der Waals surface area (Å²) in [6, 6.07) is 6.97. The van der Waals surface area contributed by atoms with Gasteiger partial charge in [-0.05, 0) is 43.9 Å². The van der Waals surface area contributed by atoms with Crippen LogP contribution in [0, 0.1) is 0 Å². The largest absolute Gasteiger partial charge is 0.326 e. The number of nitrogens with one attached hydrogen (secondary N) is 4. The fraction of sp³-hybridized carbons (Fsp3) is 0.389. The second-order valence-electron chi connectivity index (χ2n) is 6.42. The molecule has 28 heavy (non-hydrogen) atoms. The highest BCUT2D eigenvalue weighted by Crippen LogP contribution is 2.18. The van der Waals surface area contributed by atoms with Crippen LogP contribution in [0.2, 0.25) is 0 Å². The van der Waals surface area contributed by atoms with Gasteiger partial charge in [0, 0.05) is 24.0 Å². The lowest BCUT2D eigenvalue weighted by atomic mass is 9.99. The normalized spacial score (nSPS) is 13.7. The van der Waals surface area contributed by atoms with Crippen molar-refractivity contribution in [2.24, 2.45) is 5.10 Å². The van der Waals surface area contributed by atoms with Crippen molar-refractivity contribution in [1.29, 1.82) is 0 Å². The fourth-order valence-corrected chi connectivity index (χ4v) is 3.37. The Labute approximate surface area is 167 Å². The molecule has 1 aromatic carbocycles. The minimum Gasteiger partial charge on any atom is -0.326 e. The Morgan fingerprint density at radius 2 is 1.93 bits per heavy atom. The Kier molecular flexibility index (Phi) is 7.01. The lowest BCUT2D eigenvalue weighted by Gasteiger charge is -2.11. The van der Waals surface area contributed by atoms with Crippen LogP contribution in [0.5, 0.6) is 0 Å². The van der Waals surface area contributed by atoms with Crippen LogP contribution in [-0.4, -0.2) is 38.5 Å². The van der Waals surface area contributed by atoms with Crippen LogP contribution in [0.3, 0.4) is 0 Å². The summed E-state index contributed by atoms with van der Waals surface area (Å²) in [5.74, 6) is 0.272. The molecule has 9 nitrogen and oxygen atoms in total. The van der Waals surface area contributed by atoms with Crippen LogP contribution >= 0.6 is 11.8 Å². The molecule has 0 saturated heterocycles. The Balaban J connectivity index is 1.46. The third kappa shape index (κ3) is 6.38. The summed E-state index contributed by atoms with van der Waals surface area (Å²) in [5, 5.41) is 17.1. The molecule has 1 aliphatic rings. The smallest absolute Gasteiger partial charge is 0.240 e. The summed E-state index contributed by atoms with van der Waals surface area (Å²) in [6.07, 6.45) is 5.67. The number of carbonyl (C=O) groups excluding carboxylic acids is 2. The monoisotopic (exact) mass is 401 g/mol. The molecule has 2 amide bonds. The van der Waals surface area contributed by atoms with Crippen LogP contribution in [0.25, 0.3) is 0 Å². The molecule has 0 bridgehead atoms. The van der Waals surface area contributed by atoms with Gasteiger partial charge in [-0.25, -0.2) is 10.5 Å². The van der Waals surface area contributed by atoms with Gasteiger partial charge in [0.25, 0.3) is 0 Å². The number of rotatable bonds is 7. The second-order valence-corrected chi connectivity index (χ2v) is 7.36. The van der Waals surface area contributed by atoms with E-state index in [0.29, 0.717) is 22.5 Å². The van der Waals surface area contributed by atoms with Gasteiger partial charge in [0.05, 0.1) is 5.75 Å². The number of hydrogen-bond acceptors (Lipinski definition) is 7. The van der Waals surface area contributed by atoms with Crippen molar-refractivity contribution in [2.75, 3.05) is 21.8 Å². The van der Waals surface area contributed by atoms with Gasteiger partial charge >= 0.3 is 0 Å². The van der Waals surface area contributed by atoms with E-state index in [1.165, 1.54) is 37.9 Å². The first kappa shape index (κ1) is 19.9. The quantitative estimate of drug-likeness (QED) is 0.417. The van der Waals surface area contributed by atoms with Crippen LogP contribution < -0.4 is 16.1 Å². The van der Waals surface area contributed by atoms with Gasteiger partial charge in [-0.3, -0.25) is 9.59 Å². The zero-order valence-electron chi connectivity index (χ0n) is 15.6. The van der Waals surface area contributed by atoms with Crippen LogP contribution in [0.15, 0.2) is 34.5 Å². The number of carbonyl (C=O) groups is 2. The Hall–Kier alpha value is -2.88. The standard InChI is InChI=1S/C18H23N7O2S/c1-12(26)19-14-8-5-9-15(10-14)20-16(27)11-28-18-21-17(24-25-18)23-22-13-6-3-2-4-7-13/h5,8-10H,2-4,6-7,11H2,1H3,(H,19,26)(H,20,27)(H2,21,23,24,25). The van der Waals surface area contributed by atoms with Crippen molar-refractivity contribution >= 4 is 46.6 Å². The first-order valence-electron chi connectivity index (χ1n) is 9.12. The fourth-order valence-electron chi connectivity index (χ4n) is 2.77. The highest BCUT2D eigenvalue weighted by atomic mass is 32.2. The average molecular weight is 401 g/mol. The third-order valence-corrected chi connectivity index (χ3v) is 4.86. The molecule has 3 rings (SSSR count). The van der Waals surface area contributed by atoms with Crippen molar-refractivity contribution < 1.29 is 9.59 Å². The van der Waals surface area contributed by atoms with Crippen LogP contribution in [0.4, 0.5) is 17.3 Å². The first-order valence-corrected chi connectivity index (χ1v) is 10.1. The molecule has 1 heterocycles. The third-order valence-electron chi connectivity index (χ3n) is 4.01. The molecule has 1 saturated carbocycles. The number of anilines is 3. The maximum Gasteiger partial charge on any atom is 0.240 e. The van der Waals surface area contributed by atoms with E-state index < -0.39 is 0 Å². The maximum atomic E-state index is 12.1. The summed E-state index contributed by atoms with van der Waals surface area (Å²) >= 11 is 1.22. The number of aromatic nitrogens is 3. The van der Waals surface area contributed by atoms with Gasteiger partial charge in [0.15, 0.2) is 0 Å². The number of aromatic amines is 1. The van der Waals surface area contributed by atoms with E-state index in [2.05, 4.69) is 36.3 Å². The number of H-pyrrole nitrogens is 1. The molecular weight excluding hydrogens is 378 g/mol. The van der Waals surface area contributed by atoms with Gasteiger partial charge in [-0.1, -0.05) is 24.2 Å². The lowest BCUT2D eigenvalue weighted by Crippen LogP contribution is -2.14. The number of nitrogens with zero attached hydrogens (tertiary/aromatic N) is 3. The molecular formula is C18H23N7O2S. The van der Waals surface area contributed by atoms with E-state index in [1.807, 2.05) is 0 Å². The number of hydrazone groups is 1. The highest BCUT2D eigenvalue weighted by molar-refractivity contribution is 7.99. The van der Waals surface area contributed by atoms with Crippen LogP contribution in [0.1, 0.15) is 39.0 Å². The van der Waals surface area contributed by atoms with Crippen molar-refractivity contribution in [2.45, 2.75) is 44.2 Å². The molecule has 0 atom stereocenters. The zero-order chi connectivity index (χ0) is 19.8. The van der Waals surface area contributed by atoms with E-state index >= 15 is 0 Å². The Bertz CT molecular complexity index is 857. The number of benzene rings is 1. The molecule has 0 unspecified atom stereocenters. The summed E-state index contributed by atoms with van der Waals surface area (Å²) < 4.78 is 0. The summed E-state index contributed by atoms with van der Waals surface area (Å²) in [6.45, 7) is 1.43. The molecule has 1 aliphatic carbocycles. The van der Waals surface area contributed by atoms with Gasteiger partial charge in [-0.2, -0.15) is 10.1 Å². The minimum atomic E-state index is -0.188. The molecule has 0 aliphatic heterocycles. The number of amides is 2. The lowest BCUT2D eigenvalue weighted by molar-refractivity contribution is -0.114. The van der Waals surface area contributed by atoms with Gasteiger partial charge in [0.1, 0.15) is 0 Å². The highest BCUT2D eigenvalue weighted by Gasteiger charge is 2.10. The van der Waals surface area contributed by atoms with E-state index in [-0.39, 0.29) is 17.6 Å². The predicted molar refractivity (Wildman–Crippen MR) is 111 cm³/mol. The van der Waals surface area contributed by atoms with Gasteiger partial charge < -0.3 is 10.6 Å². The average Bonchev–Trinajstić information content (AvgIpc) is 3.13. The van der Waals surface area contributed by atoms with Gasteiger partial charge in [-0.15, -0.1) is 5.10 Å². The topological polar surface area (TPSA) is 124 Å². The molecule has 10 heteroatoms. The van der Waals surface area contributed by atoms with E-state index in [0.717, 1.165) is 18.6 Å². The predicted octanol–water partition coefficient (Wildman–Crippen LogP) is 3.23. The van der Waals surface area contributed by atoms with E-state index in [4.69, 9.17) is 0 Å². The number of thioether (sulfide) groups is 1. The molecule has 1 fully saturated rings. The Morgan fingerprint density at radius 3 is 2.68 bits per heavy atom. The maximum absolute atomic E-state index is 12.1. The SMILES string of the molecule is CC(=O)Nc1cccc(NC(=O)CSc2n[nH]c(NN=C3CCCCC3)n2)c1. The first-order chi connectivity index (χ1) is 13.6. The van der Waals surface area contributed by atoms with Crippen molar-refractivity contribution in [3.8, 4) is 0 Å². The Morgan fingerprint density at radius 1 is 1.18 bits per heavy atom. The molecule has 4 N–H and O–H groups in total. The summed E-state index contributed by atoms with van der Waals surface area (Å²) in [5.41, 5.74) is 5.28. The van der Waals surface area contributed by atoms with Gasteiger partial charge in [0.2, 0.25) is 22.9 Å². The summed E-state index contributed by atoms with van der Waals surface area (Å²) in [4.78, 5) is 27.5. The van der Waals surface area contributed by atoms with Crippen LogP contribution in [-0.2, 0) is 9.59 Å². The minimum absolute atomic E-state index is 0.163. The molecule has 0 radical (unpaired) electrons. The van der Waals surface area contributed by atoms with Crippen molar-refractivity contribution in [3.05, 3.63) is 24.3 Å². The molecule has 1 aromatic heterocycles. The summed E-state index contributed by atoms with van der Waals surface area (Å²) in [7, 11) is 0. The molecule has 148 valence electrons. The van der Waals surface area contributed by atoms with E-state index in [1.54, 1.807) is 24.3 Å². The zero-order valence-corrected chi connectivity index (χ0v) is 16.4. The molecule has 0 spiro atoms. The molecule has 2 aromatic rings. The second kappa shape index (κ2) is 9.88. The van der Waals surface area contributed by atoms with Crippen molar-refractivity contribution in [3.63, 3.8) is 0 Å². The van der Waals surface area contributed by atoms with E-state index in [9.17, 15) is 9.59 Å².